The number of piperidine rings is 1. The second-order valence-corrected chi connectivity index (χ2v) is 9.68. The Morgan fingerprint density at radius 1 is 1.15 bits per heavy atom. The first-order chi connectivity index (χ1) is 16.5. The number of hydrogen-bond donors (Lipinski definition) is 0. The molecule has 34 heavy (non-hydrogen) atoms. The molecule has 176 valence electrons. The molecule has 3 heterocycles. The summed E-state index contributed by atoms with van der Waals surface area (Å²) in [6.45, 7) is 5.09. The van der Waals surface area contributed by atoms with Crippen molar-refractivity contribution in [3.8, 4) is 11.5 Å². The lowest BCUT2D eigenvalue weighted by Crippen LogP contribution is -2.43. The van der Waals surface area contributed by atoms with E-state index in [1.165, 1.54) is 11.8 Å². The van der Waals surface area contributed by atoms with E-state index in [-0.39, 0.29) is 30.4 Å². The van der Waals surface area contributed by atoms with Gasteiger partial charge in [0.2, 0.25) is 12.7 Å². The van der Waals surface area contributed by atoms with Gasteiger partial charge in [0, 0.05) is 12.6 Å². The number of benzene rings is 2. The van der Waals surface area contributed by atoms with Gasteiger partial charge in [0.15, 0.2) is 16.7 Å². The molecule has 0 aliphatic carbocycles. The third-order valence-corrected chi connectivity index (χ3v) is 7.19. The Hall–Kier alpha value is -3.26. The molecular formula is C26H27N3O4S. The topological polar surface area (TPSA) is 71.4 Å². The molecule has 2 aromatic carbocycles. The SMILES string of the molecule is Cc1ccc(N2C(=O)/C(=C/c3ccc4c(c3)OCO4)N=C2SCC(=O)N2CCCCC2C)cc1. The molecule has 1 atom stereocenters. The number of carbonyl (C=O) groups excluding carboxylic acids is 2. The molecule has 1 fully saturated rings. The molecule has 0 aromatic heterocycles. The van der Waals surface area contributed by atoms with Gasteiger partial charge in [0.05, 0.1) is 11.4 Å². The minimum Gasteiger partial charge on any atom is -0.454 e. The molecule has 8 heteroatoms. The van der Waals surface area contributed by atoms with Gasteiger partial charge in [-0.25, -0.2) is 4.99 Å². The Kier molecular flexibility index (Phi) is 6.32. The summed E-state index contributed by atoms with van der Waals surface area (Å²) in [7, 11) is 0. The molecule has 3 aliphatic heterocycles. The number of ether oxygens (including phenoxy) is 2. The van der Waals surface area contributed by atoms with Crippen molar-refractivity contribution in [3.63, 3.8) is 0 Å². The fraction of sp³-hybridized carbons (Fsp3) is 0.346. The quantitative estimate of drug-likeness (QED) is 0.602. The van der Waals surface area contributed by atoms with E-state index in [0.717, 1.165) is 42.6 Å². The van der Waals surface area contributed by atoms with Gasteiger partial charge < -0.3 is 14.4 Å². The number of aliphatic imine (C=N–C) groups is 1. The van der Waals surface area contributed by atoms with Crippen LogP contribution in [-0.2, 0) is 9.59 Å². The first kappa shape index (κ1) is 22.5. The lowest BCUT2D eigenvalue weighted by molar-refractivity contribution is -0.131. The number of hydrogen-bond acceptors (Lipinski definition) is 6. The van der Waals surface area contributed by atoms with Crippen LogP contribution in [-0.4, -0.2) is 47.0 Å². The Morgan fingerprint density at radius 2 is 1.94 bits per heavy atom. The standard InChI is InChI=1S/C26H27N3O4S/c1-17-6-9-20(10-7-17)29-25(31)21(13-19-8-11-22-23(14-19)33-16-32-22)27-26(29)34-15-24(30)28-12-4-3-5-18(28)2/h6-11,13-14,18H,3-5,12,15-16H2,1-2H3/b21-13-. The first-order valence-corrected chi connectivity index (χ1v) is 12.5. The van der Waals surface area contributed by atoms with Gasteiger partial charge in [-0.2, -0.15) is 0 Å². The van der Waals surface area contributed by atoms with Gasteiger partial charge in [-0.1, -0.05) is 35.5 Å². The van der Waals surface area contributed by atoms with Gasteiger partial charge in [-0.15, -0.1) is 0 Å². The second-order valence-electron chi connectivity index (χ2n) is 8.73. The molecule has 0 spiro atoms. The zero-order valence-corrected chi connectivity index (χ0v) is 20.1. The Balaban J connectivity index is 1.41. The highest BCUT2D eigenvalue weighted by atomic mass is 32.2. The Bertz CT molecular complexity index is 1180. The van der Waals surface area contributed by atoms with Crippen LogP contribution in [0.4, 0.5) is 5.69 Å². The number of fused-ring (bicyclic) bond motifs is 1. The highest BCUT2D eigenvalue weighted by Crippen LogP contribution is 2.35. The van der Waals surface area contributed by atoms with Crippen LogP contribution in [0.25, 0.3) is 6.08 Å². The molecule has 0 radical (unpaired) electrons. The van der Waals surface area contributed by atoms with E-state index in [1.54, 1.807) is 11.0 Å². The number of likely N-dealkylation sites (tertiary alicyclic amines) is 1. The monoisotopic (exact) mass is 477 g/mol. The molecule has 1 unspecified atom stereocenters. The van der Waals surface area contributed by atoms with Crippen molar-refractivity contribution in [2.24, 2.45) is 4.99 Å². The fourth-order valence-electron chi connectivity index (χ4n) is 4.35. The Labute approximate surface area is 203 Å². The predicted octanol–water partition coefficient (Wildman–Crippen LogP) is 4.60. The summed E-state index contributed by atoms with van der Waals surface area (Å²) in [5, 5.41) is 0.513. The molecular weight excluding hydrogens is 450 g/mol. The first-order valence-electron chi connectivity index (χ1n) is 11.5. The van der Waals surface area contributed by atoms with Gasteiger partial charge in [0.1, 0.15) is 5.70 Å². The van der Waals surface area contributed by atoms with Crippen LogP contribution >= 0.6 is 11.8 Å². The van der Waals surface area contributed by atoms with Gasteiger partial charge in [-0.05, 0) is 69.0 Å². The number of anilines is 1. The van der Waals surface area contributed by atoms with E-state index in [0.29, 0.717) is 22.4 Å². The van der Waals surface area contributed by atoms with Crippen molar-refractivity contribution in [2.75, 3.05) is 24.0 Å². The average Bonchev–Trinajstić information content (AvgIpc) is 3.42. The Morgan fingerprint density at radius 3 is 2.74 bits per heavy atom. The number of amides is 2. The molecule has 0 saturated carbocycles. The molecule has 2 aromatic rings. The summed E-state index contributed by atoms with van der Waals surface area (Å²) < 4.78 is 10.8. The number of nitrogens with zero attached hydrogens (tertiary/aromatic N) is 3. The summed E-state index contributed by atoms with van der Waals surface area (Å²) >= 11 is 1.31. The molecule has 0 N–H and O–H groups in total. The van der Waals surface area contributed by atoms with E-state index < -0.39 is 0 Å². The van der Waals surface area contributed by atoms with Crippen LogP contribution in [0.3, 0.4) is 0 Å². The summed E-state index contributed by atoms with van der Waals surface area (Å²) in [5.41, 5.74) is 2.95. The predicted molar refractivity (Wildman–Crippen MR) is 134 cm³/mol. The van der Waals surface area contributed by atoms with Crippen LogP contribution < -0.4 is 14.4 Å². The number of aryl methyl sites for hydroxylation is 1. The molecule has 5 rings (SSSR count). The van der Waals surface area contributed by atoms with Gasteiger partial charge in [-0.3, -0.25) is 14.5 Å². The van der Waals surface area contributed by atoms with Crippen molar-refractivity contribution in [1.82, 2.24) is 4.90 Å². The summed E-state index contributed by atoms with van der Waals surface area (Å²) in [6, 6.07) is 13.5. The van der Waals surface area contributed by atoms with Crippen molar-refractivity contribution in [1.29, 1.82) is 0 Å². The van der Waals surface area contributed by atoms with Crippen molar-refractivity contribution in [2.45, 2.75) is 39.2 Å². The number of carbonyl (C=O) groups is 2. The smallest absolute Gasteiger partial charge is 0.283 e. The van der Waals surface area contributed by atoms with Crippen LogP contribution in [0.1, 0.15) is 37.3 Å². The molecule has 3 aliphatic rings. The van der Waals surface area contributed by atoms with Crippen LogP contribution in [0, 0.1) is 6.92 Å². The number of amidine groups is 1. The van der Waals surface area contributed by atoms with Crippen molar-refractivity contribution < 1.29 is 19.1 Å². The summed E-state index contributed by atoms with van der Waals surface area (Å²) in [6.07, 6.45) is 4.98. The second kappa shape index (κ2) is 9.54. The molecule has 1 saturated heterocycles. The van der Waals surface area contributed by atoms with Gasteiger partial charge >= 0.3 is 0 Å². The third-order valence-electron chi connectivity index (χ3n) is 6.27. The van der Waals surface area contributed by atoms with Gasteiger partial charge in [0.25, 0.3) is 5.91 Å². The zero-order valence-electron chi connectivity index (χ0n) is 19.3. The average molecular weight is 478 g/mol. The highest BCUT2D eigenvalue weighted by Gasteiger charge is 2.33. The highest BCUT2D eigenvalue weighted by molar-refractivity contribution is 8.14. The third kappa shape index (κ3) is 4.55. The fourth-order valence-corrected chi connectivity index (χ4v) is 5.25. The minimum atomic E-state index is -0.220. The number of thioether (sulfide) groups is 1. The van der Waals surface area contributed by atoms with Crippen LogP contribution in [0.2, 0.25) is 0 Å². The number of rotatable bonds is 4. The van der Waals surface area contributed by atoms with E-state index in [9.17, 15) is 9.59 Å². The van der Waals surface area contributed by atoms with Crippen molar-refractivity contribution in [3.05, 3.63) is 59.3 Å². The maximum absolute atomic E-state index is 13.4. The molecule has 7 nitrogen and oxygen atoms in total. The summed E-state index contributed by atoms with van der Waals surface area (Å²) in [5.74, 6) is 1.45. The van der Waals surface area contributed by atoms with E-state index in [2.05, 4.69) is 11.9 Å². The normalized spacial score (nSPS) is 20.8. The lowest BCUT2D eigenvalue weighted by atomic mass is 10.0. The van der Waals surface area contributed by atoms with E-state index >= 15 is 0 Å². The largest absolute Gasteiger partial charge is 0.454 e. The van der Waals surface area contributed by atoms with Crippen LogP contribution in [0.5, 0.6) is 11.5 Å². The summed E-state index contributed by atoms with van der Waals surface area (Å²) in [4.78, 5) is 34.5. The minimum absolute atomic E-state index is 0.0874. The van der Waals surface area contributed by atoms with Crippen molar-refractivity contribution >= 4 is 40.5 Å². The molecule has 2 amide bonds. The maximum atomic E-state index is 13.4. The lowest BCUT2D eigenvalue weighted by Gasteiger charge is -2.33. The van der Waals surface area contributed by atoms with E-state index in [1.807, 2.05) is 54.3 Å². The zero-order chi connectivity index (χ0) is 23.7. The maximum Gasteiger partial charge on any atom is 0.283 e. The molecule has 0 bridgehead atoms. The van der Waals surface area contributed by atoms with E-state index in [4.69, 9.17) is 9.47 Å². The van der Waals surface area contributed by atoms with Crippen LogP contribution in [0.15, 0.2) is 53.2 Å².